The van der Waals surface area contributed by atoms with Gasteiger partial charge in [-0.3, -0.25) is 4.90 Å². The lowest BCUT2D eigenvalue weighted by Crippen LogP contribution is -2.34. The Labute approximate surface area is 218 Å². The van der Waals surface area contributed by atoms with Crippen LogP contribution in [0.15, 0.2) is 48.6 Å². The van der Waals surface area contributed by atoms with E-state index in [0.717, 1.165) is 17.0 Å². The molecule has 11 heteroatoms. The number of hydrogen-bond donors (Lipinski definition) is 2. The first-order valence-corrected chi connectivity index (χ1v) is 12.4. The molecular formula is C26H40FN9O. The normalized spacial score (nSPS) is 12.8. The topological polar surface area (TPSA) is 112 Å². The number of ether oxygens (including phenoxy) is 1. The highest BCUT2D eigenvalue weighted by atomic mass is 19.1. The quantitative estimate of drug-likeness (QED) is 0.380. The average molecular weight is 514 g/mol. The summed E-state index contributed by atoms with van der Waals surface area (Å²) in [5.41, 5.74) is 9.56. The standard InChI is InChI=1S/C26H40FN9O/c1-25(2,3)29-13-21(28)15-34(17-23-19-36(33-31-23)26(4,5)6)16-22-18-35(32-30-22)14-20-7-9-24(10-8-20)37-12-11-27/h7-10,13,18-19,29H,11-12,14-17,28H2,1-6H3/b21-13-. The van der Waals surface area contributed by atoms with Crippen LogP contribution in [0.4, 0.5) is 4.39 Å². The molecule has 0 saturated heterocycles. The third kappa shape index (κ3) is 9.49. The number of nitrogens with zero attached hydrogens (tertiary/aromatic N) is 7. The van der Waals surface area contributed by atoms with Gasteiger partial charge >= 0.3 is 0 Å². The number of hydrogen-bond acceptors (Lipinski definition) is 8. The van der Waals surface area contributed by atoms with Gasteiger partial charge in [-0.2, -0.15) is 0 Å². The fourth-order valence-corrected chi connectivity index (χ4v) is 3.46. The second-order valence-electron chi connectivity index (χ2n) is 11.2. The van der Waals surface area contributed by atoms with E-state index in [0.29, 0.717) is 37.6 Å². The van der Waals surface area contributed by atoms with Gasteiger partial charge < -0.3 is 15.8 Å². The van der Waals surface area contributed by atoms with E-state index in [2.05, 4.69) is 72.4 Å². The van der Waals surface area contributed by atoms with Crippen molar-refractivity contribution in [2.75, 3.05) is 19.8 Å². The van der Waals surface area contributed by atoms with E-state index in [-0.39, 0.29) is 17.7 Å². The van der Waals surface area contributed by atoms with Crippen LogP contribution >= 0.6 is 0 Å². The lowest BCUT2D eigenvalue weighted by Gasteiger charge is -2.23. The van der Waals surface area contributed by atoms with Crippen molar-refractivity contribution in [2.45, 2.75) is 72.3 Å². The monoisotopic (exact) mass is 513 g/mol. The van der Waals surface area contributed by atoms with E-state index in [1.165, 1.54) is 0 Å². The molecule has 0 atom stereocenters. The van der Waals surface area contributed by atoms with E-state index in [9.17, 15) is 4.39 Å². The van der Waals surface area contributed by atoms with Crippen molar-refractivity contribution >= 4 is 0 Å². The van der Waals surface area contributed by atoms with Gasteiger partial charge in [0.1, 0.15) is 19.0 Å². The van der Waals surface area contributed by atoms with Gasteiger partial charge in [-0.15, -0.1) is 10.2 Å². The van der Waals surface area contributed by atoms with Crippen LogP contribution < -0.4 is 15.8 Å². The van der Waals surface area contributed by atoms with Crippen LogP contribution in [0.2, 0.25) is 0 Å². The molecule has 0 spiro atoms. The molecule has 0 aliphatic heterocycles. The van der Waals surface area contributed by atoms with Crippen LogP contribution in [-0.2, 0) is 25.2 Å². The lowest BCUT2D eigenvalue weighted by molar-refractivity contribution is 0.270. The molecule has 3 aromatic rings. The molecule has 0 aliphatic carbocycles. The maximum absolute atomic E-state index is 12.3. The third-order valence-electron chi connectivity index (χ3n) is 5.30. The Bertz CT molecular complexity index is 1140. The molecule has 0 aliphatic rings. The molecule has 0 bridgehead atoms. The number of nitrogens with one attached hydrogen (secondary N) is 1. The van der Waals surface area contributed by atoms with E-state index < -0.39 is 6.67 Å². The minimum absolute atomic E-state index is 0.0563. The molecular weight excluding hydrogens is 473 g/mol. The summed E-state index contributed by atoms with van der Waals surface area (Å²) in [4.78, 5) is 2.17. The second kappa shape index (κ2) is 12.2. The average Bonchev–Trinajstić information content (AvgIpc) is 3.46. The summed E-state index contributed by atoms with van der Waals surface area (Å²) in [7, 11) is 0. The van der Waals surface area contributed by atoms with Crippen LogP contribution in [0.25, 0.3) is 0 Å². The summed E-state index contributed by atoms with van der Waals surface area (Å²) in [5, 5.41) is 20.7. The first-order valence-electron chi connectivity index (χ1n) is 12.4. The highest BCUT2D eigenvalue weighted by Crippen LogP contribution is 2.15. The Balaban J connectivity index is 1.69. The molecule has 37 heavy (non-hydrogen) atoms. The first kappa shape index (κ1) is 28.1. The molecule has 202 valence electrons. The minimum atomic E-state index is -0.510. The summed E-state index contributed by atoms with van der Waals surface area (Å²) >= 11 is 0. The van der Waals surface area contributed by atoms with Gasteiger partial charge in [-0.25, -0.2) is 13.8 Å². The third-order valence-corrected chi connectivity index (χ3v) is 5.30. The molecule has 2 heterocycles. The number of benzene rings is 1. The summed E-state index contributed by atoms with van der Waals surface area (Å²) in [6.45, 7) is 14.3. The molecule has 0 saturated carbocycles. The molecule has 10 nitrogen and oxygen atoms in total. The minimum Gasteiger partial charge on any atom is -0.491 e. The fourth-order valence-electron chi connectivity index (χ4n) is 3.46. The summed E-state index contributed by atoms with van der Waals surface area (Å²) in [6, 6.07) is 7.53. The zero-order valence-corrected chi connectivity index (χ0v) is 22.8. The van der Waals surface area contributed by atoms with E-state index in [4.69, 9.17) is 10.5 Å². The number of nitrogens with two attached hydrogens (primary N) is 1. The number of rotatable bonds is 12. The van der Waals surface area contributed by atoms with Crippen molar-refractivity contribution in [3.8, 4) is 5.75 Å². The van der Waals surface area contributed by atoms with Gasteiger partial charge in [-0.1, -0.05) is 22.6 Å². The highest BCUT2D eigenvalue weighted by molar-refractivity contribution is 5.27. The van der Waals surface area contributed by atoms with Gasteiger partial charge in [0.25, 0.3) is 0 Å². The predicted molar refractivity (Wildman–Crippen MR) is 141 cm³/mol. The highest BCUT2D eigenvalue weighted by Gasteiger charge is 2.18. The second-order valence-corrected chi connectivity index (χ2v) is 11.2. The molecule has 3 rings (SSSR count). The summed E-state index contributed by atoms with van der Waals surface area (Å²) in [5.74, 6) is 0.645. The first-order chi connectivity index (χ1) is 17.4. The van der Waals surface area contributed by atoms with Crippen LogP contribution in [0.3, 0.4) is 0 Å². The van der Waals surface area contributed by atoms with Crippen LogP contribution in [0, 0.1) is 0 Å². The lowest BCUT2D eigenvalue weighted by atomic mass is 10.1. The molecule has 1 aromatic carbocycles. The largest absolute Gasteiger partial charge is 0.491 e. The van der Waals surface area contributed by atoms with Crippen LogP contribution in [0.5, 0.6) is 5.75 Å². The maximum atomic E-state index is 12.3. The zero-order valence-electron chi connectivity index (χ0n) is 22.8. The Morgan fingerprint density at radius 3 is 2.27 bits per heavy atom. The summed E-state index contributed by atoms with van der Waals surface area (Å²) < 4.78 is 21.3. The smallest absolute Gasteiger partial charge is 0.123 e. The Morgan fingerprint density at radius 2 is 1.68 bits per heavy atom. The van der Waals surface area contributed by atoms with Gasteiger partial charge in [0.2, 0.25) is 0 Å². The SMILES string of the molecule is CC(C)(C)N/C=C(\N)CN(Cc1cn(Cc2ccc(OCCF)cc2)nn1)Cc1cn(C(C)(C)C)nn1. The number of alkyl halides is 1. The van der Waals surface area contributed by atoms with E-state index in [1.54, 1.807) is 4.68 Å². The van der Waals surface area contributed by atoms with Gasteiger partial charge in [0, 0.05) is 37.1 Å². The molecule has 0 amide bonds. The number of halogens is 1. The van der Waals surface area contributed by atoms with Crippen molar-refractivity contribution in [3.05, 3.63) is 65.5 Å². The van der Waals surface area contributed by atoms with Gasteiger partial charge in [0.05, 0.1) is 35.9 Å². The maximum Gasteiger partial charge on any atom is 0.123 e. The zero-order chi connectivity index (χ0) is 27.1. The Morgan fingerprint density at radius 1 is 1.03 bits per heavy atom. The van der Waals surface area contributed by atoms with Crippen LogP contribution in [0.1, 0.15) is 58.5 Å². The number of aromatic nitrogens is 6. The van der Waals surface area contributed by atoms with E-state index >= 15 is 0 Å². The van der Waals surface area contributed by atoms with Crippen molar-refractivity contribution < 1.29 is 9.13 Å². The molecule has 0 radical (unpaired) electrons. The Hall–Kier alpha value is -3.47. The van der Waals surface area contributed by atoms with Crippen LogP contribution in [-0.4, -0.2) is 60.3 Å². The molecule has 2 aromatic heterocycles. The molecule has 0 fully saturated rings. The fraction of sp³-hybridized carbons (Fsp3) is 0.538. The van der Waals surface area contributed by atoms with Crippen molar-refractivity contribution in [1.82, 2.24) is 40.2 Å². The van der Waals surface area contributed by atoms with Crippen molar-refractivity contribution in [3.63, 3.8) is 0 Å². The van der Waals surface area contributed by atoms with Gasteiger partial charge in [-0.05, 0) is 59.2 Å². The van der Waals surface area contributed by atoms with Crippen molar-refractivity contribution in [2.24, 2.45) is 5.73 Å². The Kier molecular flexibility index (Phi) is 9.25. The van der Waals surface area contributed by atoms with Gasteiger partial charge in [0.15, 0.2) is 0 Å². The van der Waals surface area contributed by atoms with Crippen molar-refractivity contribution in [1.29, 1.82) is 0 Å². The molecule has 0 unspecified atom stereocenters. The molecule has 3 N–H and O–H groups in total. The van der Waals surface area contributed by atoms with E-state index in [1.807, 2.05) is 47.5 Å². The predicted octanol–water partition coefficient (Wildman–Crippen LogP) is 3.21. The summed E-state index contributed by atoms with van der Waals surface area (Å²) in [6.07, 6.45) is 5.76.